The smallest absolute Gasteiger partial charge is 0.341 e. The minimum absolute atomic E-state index is 0.322. The van der Waals surface area contributed by atoms with Crippen LogP contribution in [0.4, 0.5) is 5.69 Å². The molecular weight excluding hydrogens is 300 g/mol. The van der Waals surface area contributed by atoms with E-state index in [1.165, 1.54) is 17.1 Å². The largest absolute Gasteiger partial charge is 0.462 e. The van der Waals surface area contributed by atoms with Gasteiger partial charge in [-0.3, -0.25) is 0 Å². The van der Waals surface area contributed by atoms with Gasteiger partial charge >= 0.3 is 5.97 Å². The molecule has 6 nitrogen and oxygen atoms in total. The van der Waals surface area contributed by atoms with Crippen molar-refractivity contribution in [3.8, 4) is 5.82 Å². The number of hydrogen-bond donors (Lipinski definition) is 1. The number of ether oxygens (including phenoxy) is 1. The van der Waals surface area contributed by atoms with Crippen molar-refractivity contribution < 1.29 is 9.53 Å². The zero-order valence-corrected chi connectivity index (χ0v) is 11.2. The van der Waals surface area contributed by atoms with Crippen LogP contribution in [0.5, 0.6) is 0 Å². The van der Waals surface area contributed by atoms with Gasteiger partial charge in [-0.15, -0.1) is 0 Å². The number of nitrogen functional groups attached to an aromatic ring is 1. The lowest BCUT2D eigenvalue weighted by Gasteiger charge is -2.04. The van der Waals surface area contributed by atoms with Gasteiger partial charge in [0, 0.05) is 16.9 Å². The van der Waals surface area contributed by atoms with Crippen LogP contribution in [0.15, 0.2) is 29.1 Å². The molecule has 0 radical (unpaired) electrons. The lowest BCUT2D eigenvalue weighted by atomic mass is 10.3. The van der Waals surface area contributed by atoms with Gasteiger partial charge in [0.25, 0.3) is 0 Å². The molecule has 0 saturated carbocycles. The lowest BCUT2D eigenvalue weighted by molar-refractivity contribution is 0.0526. The normalized spacial score (nSPS) is 10.3. The third-order valence-corrected chi connectivity index (χ3v) is 2.61. The Bertz CT molecular complexity index is 582. The van der Waals surface area contributed by atoms with Crippen LogP contribution >= 0.6 is 15.9 Å². The second-order valence-electron chi connectivity index (χ2n) is 3.46. The summed E-state index contributed by atoms with van der Waals surface area (Å²) >= 11 is 3.27. The molecule has 0 aliphatic rings. The van der Waals surface area contributed by atoms with Gasteiger partial charge in [0.15, 0.2) is 5.82 Å². The molecule has 0 fully saturated rings. The van der Waals surface area contributed by atoms with E-state index in [2.05, 4.69) is 26.0 Å². The summed E-state index contributed by atoms with van der Waals surface area (Å²) in [7, 11) is 0. The molecule has 2 rings (SSSR count). The van der Waals surface area contributed by atoms with E-state index in [1.807, 2.05) is 0 Å². The summed E-state index contributed by atoms with van der Waals surface area (Å²) in [6.45, 7) is 2.07. The number of aromatic nitrogens is 3. The molecule has 0 amide bonds. The first-order valence-corrected chi connectivity index (χ1v) is 6.04. The van der Waals surface area contributed by atoms with E-state index in [1.54, 1.807) is 19.2 Å². The molecule has 2 aromatic rings. The minimum Gasteiger partial charge on any atom is -0.462 e. The molecule has 2 N–H and O–H groups in total. The van der Waals surface area contributed by atoms with E-state index < -0.39 is 5.97 Å². The first-order chi connectivity index (χ1) is 8.61. The van der Waals surface area contributed by atoms with E-state index in [4.69, 9.17) is 10.5 Å². The zero-order valence-electron chi connectivity index (χ0n) is 9.63. The minimum atomic E-state index is -0.417. The molecule has 0 spiro atoms. The van der Waals surface area contributed by atoms with Crippen molar-refractivity contribution in [3.63, 3.8) is 0 Å². The van der Waals surface area contributed by atoms with Gasteiger partial charge in [-0.1, -0.05) is 0 Å². The Labute approximate surface area is 112 Å². The van der Waals surface area contributed by atoms with Crippen LogP contribution in [-0.4, -0.2) is 27.3 Å². The Hall–Kier alpha value is -1.89. The van der Waals surface area contributed by atoms with Gasteiger partial charge in [-0.2, -0.15) is 5.10 Å². The Morgan fingerprint density at radius 1 is 1.56 bits per heavy atom. The SMILES string of the molecule is CCOC(=O)c1cnn(-c2ncc(Br)cc2N)c1. The molecule has 0 unspecified atom stereocenters. The second kappa shape index (κ2) is 5.18. The number of carbonyl (C=O) groups excluding carboxylic acids is 1. The number of nitrogens with zero attached hydrogens (tertiary/aromatic N) is 3. The maximum absolute atomic E-state index is 11.5. The molecular formula is C11H11BrN4O2. The molecule has 7 heteroatoms. The standard InChI is InChI=1S/C11H11BrN4O2/c1-2-18-11(17)7-4-15-16(6-7)10-9(13)3-8(12)5-14-10/h3-6H,2,13H2,1H3. The van der Waals surface area contributed by atoms with Crippen LogP contribution in [0.3, 0.4) is 0 Å². The number of nitrogens with two attached hydrogens (primary N) is 1. The highest BCUT2D eigenvalue weighted by Gasteiger charge is 2.12. The average Bonchev–Trinajstić information content (AvgIpc) is 2.78. The van der Waals surface area contributed by atoms with E-state index in [0.717, 1.165) is 4.47 Å². The third-order valence-electron chi connectivity index (χ3n) is 2.17. The van der Waals surface area contributed by atoms with Gasteiger partial charge in [-0.25, -0.2) is 14.5 Å². The molecule has 0 saturated heterocycles. The molecule has 0 atom stereocenters. The van der Waals surface area contributed by atoms with Crippen LogP contribution in [-0.2, 0) is 4.74 Å². The number of rotatable bonds is 3. The molecule has 0 bridgehead atoms. The number of pyridine rings is 1. The van der Waals surface area contributed by atoms with Crippen LogP contribution in [0.25, 0.3) is 5.82 Å². The first kappa shape index (κ1) is 12.6. The predicted molar refractivity (Wildman–Crippen MR) is 69.4 cm³/mol. The van der Waals surface area contributed by atoms with Crippen molar-refractivity contribution in [1.82, 2.24) is 14.8 Å². The predicted octanol–water partition coefficient (Wildman–Crippen LogP) is 1.79. The molecule has 0 aliphatic heterocycles. The number of anilines is 1. The van der Waals surface area contributed by atoms with E-state index in [0.29, 0.717) is 23.7 Å². The fraction of sp³-hybridized carbons (Fsp3) is 0.182. The summed E-state index contributed by atoms with van der Waals surface area (Å²) in [5.74, 6) is 0.0492. The first-order valence-electron chi connectivity index (χ1n) is 5.25. The summed E-state index contributed by atoms with van der Waals surface area (Å²) in [5, 5.41) is 4.04. The van der Waals surface area contributed by atoms with E-state index in [-0.39, 0.29) is 0 Å². The van der Waals surface area contributed by atoms with Crippen LogP contribution in [0.1, 0.15) is 17.3 Å². The fourth-order valence-corrected chi connectivity index (χ4v) is 1.75. The monoisotopic (exact) mass is 310 g/mol. The van der Waals surface area contributed by atoms with Crippen molar-refractivity contribution in [2.45, 2.75) is 6.92 Å². The van der Waals surface area contributed by atoms with Crippen molar-refractivity contribution in [1.29, 1.82) is 0 Å². The summed E-state index contributed by atoms with van der Waals surface area (Å²) in [6, 6.07) is 1.72. The van der Waals surface area contributed by atoms with Gasteiger partial charge in [0.1, 0.15) is 0 Å². The summed E-state index contributed by atoms with van der Waals surface area (Å²) in [4.78, 5) is 15.6. The van der Waals surface area contributed by atoms with E-state index in [9.17, 15) is 4.79 Å². The van der Waals surface area contributed by atoms with Crippen LogP contribution in [0.2, 0.25) is 0 Å². The molecule has 0 aromatic carbocycles. The van der Waals surface area contributed by atoms with Crippen molar-refractivity contribution >= 4 is 27.6 Å². The van der Waals surface area contributed by atoms with Crippen LogP contribution < -0.4 is 5.73 Å². The molecule has 2 aromatic heterocycles. The molecule has 94 valence electrons. The Morgan fingerprint density at radius 3 is 3.00 bits per heavy atom. The average molecular weight is 311 g/mol. The van der Waals surface area contributed by atoms with E-state index >= 15 is 0 Å². The van der Waals surface area contributed by atoms with Crippen molar-refractivity contribution in [2.75, 3.05) is 12.3 Å². The summed E-state index contributed by atoms with van der Waals surface area (Å²) in [5.41, 5.74) is 6.65. The zero-order chi connectivity index (χ0) is 13.1. The van der Waals surface area contributed by atoms with Gasteiger partial charge < -0.3 is 10.5 Å². The van der Waals surface area contributed by atoms with Gasteiger partial charge in [0.05, 0.1) is 24.1 Å². The quantitative estimate of drug-likeness (QED) is 0.874. The lowest BCUT2D eigenvalue weighted by Crippen LogP contribution is -2.04. The van der Waals surface area contributed by atoms with Crippen LogP contribution in [0, 0.1) is 0 Å². The highest BCUT2D eigenvalue weighted by molar-refractivity contribution is 9.10. The highest BCUT2D eigenvalue weighted by atomic mass is 79.9. The number of hydrogen-bond acceptors (Lipinski definition) is 5. The maximum Gasteiger partial charge on any atom is 0.341 e. The topological polar surface area (TPSA) is 83.0 Å². The number of carbonyl (C=O) groups is 1. The number of esters is 1. The summed E-state index contributed by atoms with van der Waals surface area (Å²) < 4.78 is 7.09. The number of halogens is 1. The Balaban J connectivity index is 2.32. The third kappa shape index (κ3) is 2.51. The van der Waals surface area contributed by atoms with Crippen molar-refractivity contribution in [3.05, 3.63) is 34.7 Å². The fourth-order valence-electron chi connectivity index (χ4n) is 1.40. The Morgan fingerprint density at radius 2 is 2.33 bits per heavy atom. The van der Waals surface area contributed by atoms with Gasteiger partial charge in [-0.05, 0) is 28.9 Å². The van der Waals surface area contributed by atoms with Gasteiger partial charge in [0.2, 0.25) is 0 Å². The second-order valence-corrected chi connectivity index (χ2v) is 4.38. The van der Waals surface area contributed by atoms with Crippen molar-refractivity contribution in [2.24, 2.45) is 0 Å². The maximum atomic E-state index is 11.5. The highest BCUT2D eigenvalue weighted by Crippen LogP contribution is 2.19. The Kier molecular flexibility index (Phi) is 3.61. The molecule has 0 aliphatic carbocycles. The molecule has 18 heavy (non-hydrogen) atoms. The summed E-state index contributed by atoms with van der Waals surface area (Å²) in [6.07, 6.45) is 4.56. The molecule has 2 heterocycles.